The molecule has 172 valence electrons. The molecule has 3 amide bonds. The number of hydrogen-bond donors (Lipinski definition) is 1. The number of rotatable bonds is 6. The van der Waals surface area contributed by atoms with Crippen LogP contribution in [0.25, 0.3) is 0 Å². The fraction of sp³-hybridized carbons (Fsp3) is 0.400. The van der Waals surface area contributed by atoms with Gasteiger partial charge < -0.3 is 14.4 Å². The van der Waals surface area contributed by atoms with Crippen molar-refractivity contribution in [1.82, 2.24) is 15.1 Å². The Morgan fingerprint density at radius 2 is 1.91 bits per heavy atom. The van der Waals surface area contributed by atoms with Gasteiger partial charge in [0.2, 0.25) is 11.8 Å². The van der Waals surface area contributed by atoms with Gasteiger partial charge in [0.15, 0.2) is 0 Å². The van der Waals surface area contributed by atoms with E-state index in [9.17, 15) is 14.4 Å². The Hall–Kier alpha value is -3.23. The summed E-state index contributed by atoms with van der Waals surface area (Å²) in [6.45, 7) is -7.79. The van der Waals surface area contributed by atoms with E-state index in [0.717, 1.165) is 10.5 Å². The molecule has 3 aliphatic heterocycles. The summed E-state index contributed by atoms with van der Waals surface area (Å²) in [7, 11) is 0. The third-order valence-electron chi connectivity index (χ3n) is 5.91. The van der Waals surface area contributed by atoms with Crippen LogP contribution < -0.4 is 10.1 Å². The van der Waals surface area contributed by atoms with Crippen LogP contribution >= 0.6 is 0 Å². The molecule has 8 nitrogen and oxygen atoms in total. The van der Waals surface area contributed by atoms with Crippen molar-refractivity contribution in [3.8, 4) is 5.75 Å². The van der Waals surface area contributed by atoms with Crippen LogP contribution in [0, 0.1) is 0 Å². The van der Waals surface area contributed by atoms with Gasteiger partial charge >= 0.3 is 0 Å². The highest BCUT2D eigenvalue weighted by Gasteiger charge is 2.40. The molecule has 0 saturated carbocycles. The van der Waals surface area contributed by atoms with Crippen LogP contribution in [0.4, 0.5) is 0 Å². The lowest BCUT2D eigenvalue weighted by molar-refractivity contribution is -0.136. The highest BCUT2D eigenvalue weighted by atomic mass is 16.5. The first-order valence-corrected chi connectivity index (χ1v) is 10.7. The van der Waals surface area contributed by atoms with Crippen molar-refractivity contribution < 1.29 is 32.1 Å². The normalized spacial score (nSPS) is 28.4. The topological polar surface area (TPSA) is 88.2 Å². The second-order valence-electron chi connectivity index (χ2n) is 8.10. The summed E-state index contributed by atoms with van der Waals surface area (Å²) in [6.07, 6.45) is 0.445. The van der Waals surface area contributed by atoms with E-state index in [1.54, 1.807) is 42.5 Å². The van der Waals surface area contributed by atoms with E-state index in [1.165, 1.54) is 4.90 Å². The molecular formula is C25H27N3O5. The van der Waals surface area contributed by atoms with Crippen LogP contribution in [0.3, 0.4) is 0 Å². The second-order valence-corrected chi connectivity index (χ2v) is 8.10. The Labute approximate surface area is 200 Å². The number of carbonyl (C=O) groups excluding carboxylic acids is 3. The molecule has 33 heavy (non-hydrogen) atoms. The average Bonchev–Trinajstić information content (AvgIpc) is 3.18. The van der Waals surface area contributed by atoms with Crippen LogP contribution in [-0.4, -0.2) is 59.7 Å². The molecule has 0 bridgehead atoms. The Morgan fingerprint density at radius 1 is 1.09 bits per heavy atom. The minimum absolute atomic E-state index is 0.0268. The molecule has 0 radical (unpaired) electrons. The quantitative estimate of drug-likeness (QED) is 0.669. The maximum absolute atomic E-state index is 13.0. The number of piperidine rings is 1. The SMILES string of the molecule is [2H]C1([2H])CN(Cc2ccc(COc3cccc4c3CN(C3CCC(=O)NC3=O)C4=O)cc2)C([2H])([2H])C([2H])([2H])O1. The lowest BCUT2D eigenvalue weighted by Gasteiger charge is -2.29. The van der Waals surface area contributed by atoms with Gasteiger partial charge in [-0.25, -0.2) is 0 Å². The molecule has 3 heterocycles. The van der Waals surface area contributed by atoms with Crippen molar-refractivity contribution in [3.63, 3.8) is 0 Å². The van der Waals surface area contributed by atoms with Gasteiger partial charge in [-0.1, -0.05) is 30.3 Å². The predicted octanol–water partition coefficient (Wildman–Crippen LogP) is 1.86. The lowest BCUT2D eigenvalue weighted by Crippen LogP contribution is -2.52. The zero-order chi connectivity index (χ0) is 28.2. The number of carbonyl (C=O) groups is 3. The summed E-state index contributed by atoms with van der Waals surface area (Å²) >= 11 is 0. The number of hydrogen-bond acceptors (Lipinski definition) is 6. The summed E-state index contributed by atoms with van der Waals surface area (Å²) in [4.78, 5) is 39.4. The van der Waals surface area contributed by atoms with E-state index >= 15 is 0 Å². The number of fused-ring (bicyclic) bond motifs is 1. The van der Waals surface area contributed by atoms with Crippen molar-refractivity contribution in [1.29, 1.82) is 0 Å². The number of benzene rings is 2. The first kappa shape index (κ1) is 15.6. The predicted molar refractivity (Wildman–Crippen MR) is 119 cm³/mol. The summed E-state index contributed by atoms with van der Waals surface area (Å²) in [5.74, 6) is -0.606. The van der Waals surface area contributed by atoms with Crippen LogP contribution in [0.1, 0.15) is 48.1 Å². The summed E-state index contributed by atoms with van der Waals surface area (Å²) < 4.78 is 58.2. The van der Waals surface area contributed by atoms with Crippen LogP contribution in [0.5, 0.6) is 5.75 Å². The molecule has 0 spiro atoms. The molecule has 2 aromatic carbocycles. The van der Waals surface area contributed by atoms with Crippen molar-refractivity contribution in [2.24, 2.45) is 0 Å². The first-order valence-electron chi connectivity index (χ1n) is 13.7. The summed E-state index contributed by atoms with van der Waals surface area (Å²) in [5, 5.41) is 2.29. The van der Waals surface area contributed by atoms with Gasteiger partial charge in [-0.15, -0.1) is 0 Å². The molecule has 0 aromatic heterocycles. The molecule has 2 aromatic rings. The standard InChI is InChI=1S/C25H27N3O5/c29-23-9-8-21(24(30)26-23)28-15-20-19(25(28)31)2-1-3-22(20)33-16-18-6-4-17(5-7-18)14-27-10-12-32-13-11-27/h1-7,21H,8-16H2,(H,26,29,30)/i10D2,12D2,13D2. The smallest absolute Gasteiger partial charge is 0.255 e. The molecule has 1 unspecified atom stereocenters. The van der Waals surface area contributed by atoms with E-state index in [4.69, 9.17) is 17.7 Å². The van der Waals surface area contributed by atoms with Gasteiger partial charge in [0.1, 0.15) is 18.4 Å². The number of morpholine rings is 1. The van der Waals surface area contributed by atoms with Gasteiger partial charge in [0, 0.05) is 39.9 Å². The minimum atomic E-state index is -2.83. The Morgan fingerprint density at radius 3 is 2.73 bits per heavy atom. The van der Waals surface area contributed by atoms with E-state index < -0.39 is 38.1 Å². The van der Waals surface area contributed by atoms with Crippen molar-refractivity contribution >= 4 is 17.7 Å². The highest BCUT2D eigenvalue weighted by molar-refractivity contribution is 6.05. The molecule has 3 aliphatic rings. The maximum atomic E-state index is 13.0. The van der Waals surface area contributed by atoms with E-state index in [1.807, 2.05) is 0 Å². The number of imide groups is 1. The largest absolute Gasteiger partial charge is 0.489 e. The molecular weight excluding hydrogens is 422 g/mol. The third kappa shape index (κ3) is 4.62. The zero-order valence-corrected chi connectivity index (χ0v) is 17.8. The van der Waals surface area contributed by atoms with Crippen LogP contribution in [-0.2, 0) is 34.0 Å². The van der Waals surface area contributed by atoms with Crippen molar-refractivity contribution in [2.75, 3.05) is 26.2 Å². The Bertz CT molecular complexity index is 1320. The lowest BCUT2D eigenvalue weighted by atomic mass is 10.0. The first-order chi connectivity index (χ1) is 18.3. The Balaban J connectivity index is 1.24. The van der Waals surface area contributed by atoms with Crippen molar-refractivity contribution in [2.45, 2.75) is 38.6 Å². The molecule has 8 heteroatoms. The minimum Gasteiger partial charge on any atom is -0.489 e. The van der Waals surface area contributed by atoms with Gasteiger partial charge in [0.25, 0.3) is 5.91 Å². The fourth-order valence-electron chi connectivity index (χ4n) is 4.18. The molecule has 0 aliphatic carbocycles. The summed E-state index contributed by atoms with van der Waals surface area (Å²) in [5.41, 5.74) is 2.56. The monoisotopic (exact) mass is 455 g/mol. The van der Waals surface area contributed by atoms with Gasteiger partial charge in [-0.2, -0.15) is 0 Å². The second kappa shape index (κ2) is 9.33. The molecule has 2 fully saturated rings. The van der Waals surface area contributed by atoms with E-state index in [0.29, 0.717) is 22.4 Å². The summed E-state index contributed by atoms with van der Waals surface area (Å²) in [6, 6.07) is 11.4. The third-order valence-corrected chi connectivity index (χ3v) is 5.91. The van der Waals surface area contributed by atoms with E-state index in [-0.39, 0.29) is 44.4 Å². The highest BCUT2D eigenvalue weighted by Crippen LogP contribution is 2.34. The fourth-order valence-corrected chi connectivity index (χ4v) is 4.18. The van der Waals surface area contributed by atoms with Gasteiger partial charge in [-0.3, -0.25) is 24.6 Å². The van der Waals surface area contributed by atoms with Crippen LogP contribution in [0.15, 0.2) is 42.5 Å². The molecule has 2 saturated heterocycles. The number of nitrogens with one attached hydrogen (secondary N) is 1. The molecule has 1 N–H and O–H groups in total. The number of amides is 3. The van der Waals surface area contributed by atoms with Gasteiger partial charge in [-0.05, 0) is 29.7 Å². The van der Waals surface area contributed by atoms with E-state index in [2.05, 4.69) is 5.32 Å². The van der Waals surface area contributed by atoms with Crippen molar-refractivity contribution in [3.05, 3.63) is 64.7 Å². The van der Waals surface area contributed by atoms with Gasteiger partial charge in [0.05, 0.1) is 25.1 Å². The number of ether oxygens (including phenoxy) is 2. The Kier molecular flexibility index (Phi) is 4.40. The zero-order valence-electron chi connectivity index (χ0n) is 23.8. The van der Waals surface area contributed by atoms with Crippen LogP contribution in [0.2, 0.25) is 0 Å². The molecule has 1 atom stereocenters. The number of nitrogens with zero attached hydrogens (tertiary/aromatic N) is 2. The average molecular weight is 456 g/mol. The maximum Gasteiger partial charge on any atom is 0.255 e. The molecule has 5 rings (SSSR count).